The Morgan fingerprint density at radius 3 is 2.31 bits per heavy atom. The van der Waals surface area contributed by atoms with Gasteiger partial charge in [-0.15, -0.1) is 0 Å². The minimum atomic E-state index is -0.0230. The summed E-state index contributed by atoms with van der Waals surface area (Å²) in [5.74, 6) is 2.47. The van der Waals surface area contributed by atoms with Crippen molar-refractivity contribution in [3.63, 3.8) is 0 Å². The lowest BCUT2D eigenvalue weighted by Gasteiger charge is -2.35. The normalized spacial score (nSPS) is 18.4. The Kier molecular flexibility index (Phi) is 9.99. The lowest BCUT2D eigenvalue weighted by atomic mass is 9.79. The van der Waals surface area contributed by atoms with Gasteiger partial charge >= 0.3 is 0 Å². The molecule has 2 heterocycles. The number of para-hydroxylation sites is 2. The Balaban J connectivity index is 0.990. The Hall–Kier alpha value is -7.24. The zero-order chi connectivity index (χ0) is 43.5. The van der Waals surface area contributed by atoms with Gasteiger partial charge in [0.1, 0.15) is 23.2 Å². The van der Waals surface area contributed by atoms with Crippen LogP contribution in [0.2, 0.25) is 0 Å². The number of phenolic OH excluding ortho intramolecular Hbond substituents is 1. The van der Waals surface area contributed by atoms with E-state index in [1.807, 2.05) is 12.1 Å². The van der Waals surface area contributed by atoms with Gasteiger partial charge in [0.05, 0.1) is 11.4 Å². The smallest absolute Gasteiger partial charge is 0.155 e. The number of aryl methyl sites for hydroxylation is 3. The van der Waals surface area contributed by atoms with E-state index in [2.05, 4.69) is 182 Å². The van der Waals surface area contributed by atoms with Gasteiger partial charge < -0.3 is 24.1 Å². The highest BCUT2D eigenvalue weighted by Gasteiger charge is 2.36. The molecule has 3 unspecified atom stereocenters. The van der Waals surface area contributed by atoms with Gasteiger partial charge in [-0.1, -0.05) is 128 Å². The highest BCUT2D eigenvalue weighted by Crippen LogP contribution is 2.51. The van der Waals surface area contributed by atoms with E-state index < -0.39 is 0 Å². The number of allylic oxidation sites excluding steroid dienone is 8. The van der Waals surface area contributed by atoms with Gasteiger partial charge in [-0.2, -0.15) is 0 Å². The predicted molar refractivity (Wildman–Crippen MR) is 265 cm³/mol. The molecule has 0 radical (unpaired) electrons. The van der Waals surface area contributed by atoms with Crippen molar-refractivity contribution in [2.24, 2.45) is 5.92 Å². The van der Waals surface area contributed by atoms with Gasteiger partial charge in [0.15, 0.2) is 5.76 Å². The van der Waals surface area contributed by atoms with Crippen molar-refractivity contribution in [3.8, 4) is 11.5 Å². The molecule has 0 spiro atoms. The van der Waals surface area contributed by atoms with Crippen LogP contribution in [-0.4, -0.2) is 11.2 Å². The molecule has 3 atom stereocenters. The second kappa shape index (κ2) is 16.1. The second-order valence-electron chi connectivity index (χ2n) is 17.8. The largest absolute Gasteiger partial charge is 0.507 e. The van der Waals surface area contributed by atoms with E-state index in [4.69, 9.17) is 15.7 Å². The molecule has 64 heavy (non-hydrogen) atoms. The molecule has 3 aliphatic carbocycles. The van der Waals surface area contributed by atoms with Crippen molar-refractivity contribution in [2.75, 3.05) is 9.80 Å². The standard InChI is InChI=1S/C59H52N2O3/c1-5-12-40-35-44(60(42-26-21-37(2)22-27-42)52-17-10-15-50-48-13-6-8-19-55(48)63-58(50)52)30-32-46(40)39(4)57-47-33-31-45(36-41(47)25-34-54(57)62)61(43-28-23-38(3)24-29-43)53-18-11-16-51-49-14-7-9-20-56(49)64-59(51)53/h6-9,11,13-14,16-34,36,40,49,56,62H,4-5,10,12,15,35H2,1-3H3. The van der Waals surface area contributed by atoms with E-state index in [0.29, 0.717) is 0 Å². The zero-order valence-electron chi connectivity index (χ0n) is 36.7. The molecule has 11 rings (SSSR count). The second-order valence-corrected chi connectivity index (χ2v) is 17.8. The number of rotatable bonds is 10. The first kappa shape index (κ1) is 39.6. The zero-order valence-corrected chi connectivity index (χ0v) is 36.7. The average Bonchev–Trinajstić information content (AvgIpc) is 3.90. The molecule has 316 valence electrons. The van der Waals surface area contributed by atoms with Crippen molar-refractivity contribution >= 4 is 55.8 Å². The Morgan fingerprint density at radius 2 is 1.52 bits per heavy atom. The maximum absolute atomic E-state index is 11.8. The first-order valence-electron chi connectivity index (χ1n) is 22.8. The highest BCUT2D eigenvalue weighted by molar-refractivity contribution is 6.02. The van der Waals surface area contributed by atoms with Gasteiger partial charge in [0.2, 0.25) is 0 Å². The molecule has 5 nitrogen and oxygen atoms in total. The molecule has 1 N–H and O–H groups in total. The topological polar surface area (TPSA) is 49.1 Å². The molecule has 0 bridgehead atoms. The van der Waals surface area contributed by atoms with Crippen LogP contribution in [0, 0.1) is 19.8 Å². The van der Waals surface area contributed by atoms with Gasteiger partial charge in [0.25, 0.3) is 0 Å². The van der Waals surface area contributed by atoms with Crippen LogP contribution in [0.5, 0.6) is 11.5 Å². The van der Waals surface area contributed by atoms with Crippen molar-refractivity contribution < 1.29 is 14.3 Å². The van der Waals surface area contributed by atoms with Crippen molar-refractivity contribution in [2.45, 2.75) is 64.9 Å². The SMILES string of the molecule is C=C(C1=CC=C(N(C2=CCCc3c2oc2ccccc32)c2ccc(C)cc2)CC1CCC)c1c(O)ccc2cc(N(c3ccc(C)cc3)c3cccc4c3OC3C=CC=CC43)ccc12. The third-order valence-electron chi connectivity index (χ3n) is 13.6. The van der Waals surface area contributed by atoms with Crippen LogP contribution in [0.1, 0.15) is 72.1 Å². The lowest BCUT2D eigenvalue weighted by Crippen LogP contribution is -2.26. The third kappa shape index (κ3) is 6.78. The quantitative estimate of drug-likeness (QED) is 0.149. The van der Waals surface area contributed by atoms with Crippen LogP contribution >= 0.6 is 0 Å². The summed E-state index contributed by atoms with van der Waals surface area (Å²) >= 11 is 0. The monoisotopic (exact) mass is 836 g/mol. The van der Waals surface area contributed by atoms with E-state index in [1.165, 1.54) is 33.3 Å². The number of phenols is 1. The van der Waals surface area contributed by atoms with E-state index >= 15 is 0 Å². The van der Waals surface area contributed by atoms with Crippen molar-refractivity contribution in [3.05, 3.63) is 215 Å². The molecule has 6 aromatic carbocycles. The Labute approximate surface area is 375 Å². The first-order valence-corrected chi connectivity index (χ1v) is 22.8. The van der Waals surface area contributed by atoms with E-state index in [9.17, 15) is 5.11 Å². The summed E-state index contributed by atoms with van der Waals surface area (Å²) in [6.45, 7) is 11.3. The molecule has 1 aliphatic heterocycles. The van der Waals surface area contributed by atoms with Crippen LogP contribution in [0.3, 0.4) is 0 Å². The first-order chi connectivity index (χ1) is 31.3. The molecule has 0 saturated heterocycles. The number of aromatic hydroxyl groups is 1. The molecule has 4 aliphatic rings. The molecule has 0 saturated carbocycles. The van der Waals surface area contributed by atoms with Crippen molar-refractivity contribution in [1.82, 2.24) is 0 Å². The number of furan rings is 1. The van der Waals surface area contributed by atoms with Crippen molar-refractivity contribution in [1.29, 1.82) is 0 Å². The summed E-state index contributed by atoms with van der Waals surface area (Å²) in [6, 6.07) is 42.8. The van der Waals surface area contributed by atoms with E-state index in [-0.39, 0.29) is 23.7 Å². The number of ether oxygens (including phenoxy) is 1. The van der Waals surface area contributed by atoms with Gasteiger partial charge in [0, 0.05) is 50.8 Å². The van der Waals surface area contributed by atoms with Crippen LogP contribution in [0.25, 0.3) is 33.0 Å². The number of hydrogen-bond acceptors (Lipinski definition) is 5. The number of benzene rings is 6. The van der Waals surface area contributed by atoms with Crippen LogP contribution < -0.4 is 14.5 Å². The summed E-state index contributed by atoms with van der Waals surface area (Å²) in [4.78, 5) is 4.72. The maximum Gasteiger partial charge on any atom is 0.155 e. The summed E-state index contributed by atoms with van der Waals surface area (Å²) in [6.07, 6.45) is 20.1. The molecule has 7 aromatic rings. The van der Waals surface area contributed by atoms with Gasteiger partial charge in [-0.05, 0) is 134 Å². The highest BCUT2D eigenvalue weighted by atomic mass is 16.5. The fourth-order valence-electron chi connectivity index (χ4n) is 10.5. The van der Waals surface area contributed by atoms with E-state index in [1.54, 1.807) is 0 Å². The fourth-order valence-corrected chi connectivity index (χ4v) is 10.5. The molecule has 0 amide bonds. The van der Waals surface area contributed by atoms with Crippen LogP contribution in [0.4, 0.5) is 22.7 Å². The van der Waals surface area contributed by atoms with Crippen LogP contribution in [0.15, 0.2) is 186 Å². The maximum atomic E-state index is 11.8. The fraction of sp³-hybridized carbons (Fsp3) is 0.186. The summed E-state index contributed by atoms with van der Waals surface area (Å²) in [7, 11) is 0. The predicted octanol–water partition coefficient (Wildman–Crippen LogP) is 15.5. The van der Waals surface area contributed by atoms with Crippen LogP contribution in [-0.2, 0) is 6.42 Å². The Bertz CT molecular complexity index is 3140. The summed E-state index contributed by atoms with van der Waals surface area (Å²) in [5.41, 5.74) is 15.1. The summed E-state index contributed by atoms with van der Waals surface area (Å²) in [5, 5.41) is 14.9. The number of fused-ring (bicyclic) bond motifs is 7. The van der Waals surface area contributed by atoms with Gasteiger partial charge in [-0.3, -0.25) is 0 Å². The molecular formula is C59H52N2O3. The molecular weight excluding hydrogens is 785 g/mol. The van der Waals surface area contributed by atoms with E-state index in [0.717, 1.165) is 105 Å². The van der Waals surface area contributed by atoms with Gasteiger partial charge in [-0.25, -0.2) is 0 Å². The molecule has 0 fully saturated rings. The molecule has 1 aromatic heterocycles. The average molecular weight is 837 g/mol. The molecule has 5 heteroatoms. The number of hydrogen-bond donors (Lipinski definition) is 1. The third-order valence-corrected chi connectivity index (χ3v) is 13.6. The number of anilines is 4. The lowest BCUT2D eigenvalue weighted by molar-refractivity contribution is 0.269. The number of nitrogens with zero attached hydrogens (tertiary/aromatic N) is 2. The minimum Gasteiger partial charge on any atom is -0.507 e. The minimum absolute atomic E-state index is 0.0230. The summed E-state index contributed by atoms with van der Waals surface area (Å²) < 4.78 is 13.4. The Morgan fingerprint density at radius 1 is 0.766 bits per heavy atom.